The van der Waals surface area contributed by atoms with Crippen LogP contribution in [0.4, 0.5) is 4.79 Å². The first-order valence-electron chi connectivity index (χ1n) is 10.4. The van der Waals surface area contributed by atoms with Crippen molar-refractivity contribution in [3.63, 3.8) is 0 Å². The number of ether oxygens (including phenoxy) is 2. The number of para-hydroxylation sites is 1. The summed E-state index contributed by atoms with van der Waals surface area (Å²) in [5, 5.41) is 0.668. The lowest BCUT2D eigenvalue weighted by atomic mass is 9.97. The number of rotatable bonds is 2. The topological polar surface area (TPSA) is 99.2 Å². The number of hydrogen-bond acceptors (Lipinski definition) is 7. The molecule has 1 saturated heterocycles. The molecule has 164 valence electrons. The van der Waals surface area contributed by atoms with E-state index in [0.717, 1.165) is 5.56 Å². The van der Waals surface area contributed by atoms with Crippen molar-refractivity contribution in [1.29, 1.82) is 0 Å². The number of aryl methyl sites for hydroxylation is 1. The Kier molecular flexibility index (Phi) is 4.16. The van der Waals surface area contributed by atoms with E-state index in [1.165, 1.54) is 4.90 Å². The summed E-state index contributed by atoms with van der Waals surface area (Å²) in [7, 11) is 0. The SMILES string of the molecule is Cc1ccc2c(c1)-c1oc(=O)c(-c3cc4ccccc4oc3=O)cc1C(N1CCOC1=O)O2. The first-order chi connectivity index (χ1) is 16.0. The summed E-state index contributed by atoms with van der Waals surface area (Å²) >= 11 is 0. The zero-order valence-corrected chi connectivity index (χ0v) is 17.5. The second-order valence-electron chi connectivity index (χ2n) is 7.99. The minimum atomic E-state index is -0.874. The lowest BCUT2D eigenvalue weighted by Crippen LogP contribution is -2.35. The van der Waals surface area contributed by atoms with Crippen molar-refractivity contribution in [1.82, 2.24) is 4.90 Å². The number of amides is 1. The average Bonchev–Trinajstić information content (AvgIpc) is 3.23. The fraction of sp³-hybridized carbons (Fsp3) is 0.160. The molecule has 4 heterocycles. The molecule has 4 aromatic rings. The van der Waals surface area contributed by atoms with E-state index in [0.29, 0.717) is 40.2 Å². The molecule has 6 rings (SSSR count). The maximum Gasteiger partial charge on any atom is 0.413 e. The predicted molar refractivity (Wildman–Crippen MR) is 118 cm³/mol. The molecule has 8 nitrogen and oxygen atoms in total. The van der Waals surface area contributed by atoms with Gasteiger partial charge in [0.05, 0.1) is 28.8 Å². The van der Waals surface area contributed by atoms with Crippen LogP contribution in [-0.4, -0.2) is 24.1 Å². The van der Waals surface area contributed by atoms with Crippen LogP contribution in [0.5, 0.6) is 5.75 Å². The molecule has 1 unspecified atom stereocenters. The van der Waals surface area contributed by atoms with Crippen LogP contribution in [0.2, 0.25) is 0 Å². The molecule has 2 aromatic heterocycles. The Morgan fingerprint density at radius 2 is 1.67 bits per heavy atom. The van der Waals surface area contributed by atoms with Gasteiger partial charge in [-0.1, -0.05) is 29.8 Å². The molecule has 1 amide bonds. The molecule has 1 fully saturated rings. The van der Waals surface area contributed by atoms with Gasteiger partial charge in [0.25, 0.3) is 0 Å². The van der Waals surface area contributed by atoms with E-state index in [-0.39, 0.29) is 17.7 Å². The highest BCUT2D eigenvalue weighted by Gasteiger charge is 2.39. The van der Waals surface area contributed by atoms with Crippen LogP contribution < -0.4 is 16.0 Å². The third kappa shape index (κ3) is 3.02. The molecule has 0 bridgehead atoms. The monoisotopic (exact) mass is 443 g/mol. The first-order valence-corrected chi connectivity index (χ1v) is 10.4. The summed E-state index contributed by atoms with van der Waals surface area (Å²) in [5.74, 6) is 0.780. The van der Waals surface area contributed by atoms with Gasteiger partial charge in [0, 0.05) is 5.39 Å². The van der Waals surface area contributed by atoms with Gasteiger partial charge in [0.1, 0.15) is 17.9 Å². The maximum atomic E-state index is 13.1. The number of hydrogen-bond donors (Lipinski definition) is 0. The Bertz CT molecular complexity index is 1570. The molecular weight excluding hydrogens is 426 g/mol. The van der Waals surface area contributed by atoms with Crippen LogP contribution in [0.3, 0.4) is 0 Å². The molecule has 0 spiro atoms. The van der Waals surface area contributed by atoms with E-state index in [2.05, 4.69) is 0 Å². The molecule has 0 saturated carbocycles. The van der Waals surface area contributed by atoms with Crippen molar-refractivity contribution in [3.8, 4) is 28.2 Å². The lowest BCUT2D eigenvalue weighted by molar-refractivity contribution is 0.0527. The minimum absolute atomic E-state index is 0.0329. The van der Waals surface area contributed by atoms with Crippen molar-refractivity contribution in [3.05, 3.63) is 86.6 Å². The Hall–Kier alpha value is -4.33. The summed E-state index contributed by atoms with van der Waals surface area (Å²) in [6, 6.07) is 15.7. The van der Waals surface area contributed by atoms with Crippen LogP contribution >= 0.6 is 0 Å². The average molecular weight is 443 g/mol. The van der Waals surface area contributed by atoms with E-state index < -0.39 is 23.6 Å². The molecule has 8 heteroatoms. The van der Waals surface area contributed by atoms with E-state index in [4.69, 9.17) is 18.3 Å². The van der Waals surface area contributed by atoms with Gasteiger partial charge in [-0.15, -0.1) is 0 Å². The van der Waals surface area contributed by atoms with E-state index in [1.54, 1.807) is 36.4 Å². The number of fused-ring (bicyclic) bond motifs is 4. The van der Waals surface area contributed by atoms with Crippen LogP contribution in [-0.2, 0) is 4.74 Å². The highest BCUT2D eigenvalue weighted by Crippen LogP contribution is 2.44. The fourth-order valence-electron chi connectivity index (χ4n) is 4.28. The Morgan fingerprint density at radius 1 is 0.879 bits per heavy atom. The number of benzene rings is 2. The minimum Gasteiger partial charge on any atom is -0.465 e. The highest BCUT2D eigenvalue weighted by molar-refractivity contribution is 5.82. The van der Waals surface area contributed by atoms with E-state index in [9.17, 15) is 14.4 Å². The van der Waals surface area contributed by atoms with Gasteiger partial charge >= 0.3 is 17.3 Å². The number of carbonyl (C=O) groups excluding carboxylic acids is 1. The van der Waals surface area contributed by atoms with Gasteiger partial charge in [0.2, 0.25) is 6.23 Å². The normalized spacial score (nSPS) is 16.8. The molecule has 0 radical (unpaired) electrons. The largest absolute Gasteiger partial charge is 0.465 e. The van der Waals surface area contributed by atoms with E-state index >= 15 is 0 Å². The van der Waals surface area contributed by atoms with Gasteiger partial charge in [-0.3, -0.25) is 4.90 Å². The third-order valence-corrected chi connectivity index (χ3v) is 5.87. The number of cyclic esters (lactones) is 1. The number of nitrogens with zero attached hydrogens (tertiary/aromatic N) is 1. The number of carbonyl (C=O) groups is 1. The molecular formula is C25H17NO7. The zero-order chi connectivity index (χ0) is 22.7. The molecule has 0 aliphatic carbocycles. The fourth-order valence-corrected chi connectivity index (χ4v) is 4.28. The molecule has 0 N–H and O–H groups in total. The second kappa shape index (κ2) is 7.09. The highest BCUT2D eigenvalue weighted by atomic mass is 16.6. The second-order valence-corrected chi connectivity index (χ2v) is 7.99. The Balaban J connectivity index is 1.60. The summed E-state index contributed by atoms with van der Waals surface area (Å²) < 4.78 is 22.4. The van der Waals surface area contributed by atoms with Crippen LogP contribution in [0, 0.1) is 6.92 Å². The maximum absolute atomic E-state index is 13.1. The van der Waals surface area contributed by atoms with Crippen molar-refractivity contribution in [2.75, 3.05) is 13.2 Å². The summed E-state index contributed by atoms with van der Waals surface area (Å²) in [5.41, 5.74) is 1.17. The zero-order valence-electron chi connectivity index (χ0n) is 17.5. The summed E-state index contributed by atoms with van der Waals surface area (Å²) in [4.78, 5) is 39.6. The quantitative estimate of drug-likeness (QED) is 0.428. The van der Waals surface area contributed by atoms with Crippen LogP contribution in [0.1, 0.15) is 17.4 Å². The molecule has 1 atom stereocenters. The predicted octanol–water partition coefficient (Wildman–Crippen LogP) is 4.23. The molecule has 33 heavy (non-hydrogen) atoms. The van der Waals surface area contributed by atoms with E-state index in [1.807, 2.05) is 25.1 Å². The van der Waals surface area contributed by atoms with Gasteiger partial charge in [-0.25, -0.2) is 14.4 Å². The van der Waals surface area contributed by atoms with Gasteiger partial charge < -0.3 is 18.3 Å². The molecule has 2 aromatic carbocycles. The van der Waals surface area contributed by atoms with Crippen molar-refractivity contribution in [2.45, 2.75) is 13.2 Å². The Labute approximate surface area is 186 Å². The summed E-state index contributed by atoms with van der Waals surface area (Å²) in [6.45, 7) is 2.46. The van der Waals surface area contributed by atoms with Crippen molar-refractivity contribution in [2.24, 2.45) is 0 Å². The van der Waals surface area contributed by atoms with Crippen LogP contribution in [0.25, 0.3) is 33.4 Å². The lowest BCUT2D eigenvalue weighted by Gasteiger charge is -2.32. The standard InChI is InChI=1S/C25H17NO7/c1-13-6-7-20-17(10-13)21-18(22(31-20)26-8-9-30-25(26)29)12-16(24(28)33-21)15-11-14-4-2-3-5-19(14)32-23(15)27/h2-7,10-12,22H,8-9H2,1H3. The Morgan fingerprint density at radius 3 is 2.48 bits per heavy atom. The third-order valence-electron chi connectivity index (χ3n) is 5.87. The molecule has 2 aliphatic heterocycles. The van der Waals surface area contributed by atoms with Crippen LogP contribution in [0.15, 0.2) is 73.0 Å². The van der Waals surface area contributed by atoms with Crippen molar-refractivity contribution < 1.29 is 23.1 Å². The summed E-state index contributed by atoms with van der Waals surface area (Å²) in [6.07, 6.45) is -1.40. The smallest absolute Gasteiger partial charge is 0.413 e. The first kappa shape index (κ1) is 19.4. The van der Waals surface area contributed by atoms with Gasteiger partial charge in [-0.05, 0) is 37.3 Å². The van der Waals surface area contributed by atoms with Crippen molar-refractivity contribution >= 4 is 17.1 Å². The van der Waals surface area contributed by atoms with Gasteiger partial charge in [0.15, 0.2) is 5.76 Å². The van der Waals surface area contributed by atoms with Gasteiger partial charge in [-0.2, -0.15) is 0 Å². The molecule has 2 aliphatic rings.